The number of carboxylic acids is 2. The molecule has 0 heterocycles. The van der Waals surface area contributed by atoms with Gasteiger partial charge in [-0.05, 0) is 31.6 Å². The van der Waals surface area contributed by atoms with E-state index >= 15 is 0 Å². The summed E-state index contributed by atoms with van der Waals surface area (Å²) in [5.41, 5.74) is 0. The monoisotopic (exact) mass is 328 g/mol. The summed E-state index contributed by atoms with van der Waals surface area (Å²) in [5.74, 6) is -4.67. The second-order valence-corrected chi connectivity index (χ2v) is 6.45. The first-order valence-corrected chi connectivity index (χ1v) is 8.52. The van der Waals surface area contributed by atoms with Gasteiger partial charge in [0.15, 0.2) is 0 Å². The Bertz CT molecular complexity index is 419. The van der Waals surface area contributed by atoms with E-state index in [1.54, 1.807) is 0 Å². The van der Waals surface area contributed by atoms with Crippen molar-refractivity contribution in [3.05, 3.63) is 0 Å². The number of carboxylic acid groups (broad SMARTS) is 2. The van der Waals surface area contributed by atoms with Gasteiger partial charge in [0.25, 0.3) is 0 Å². The molecule has 0 radical (unpaired) electrons. The molecule has 6 heteroatoms. The van der Waals surface area contributed by atoms with Crippen molar-refractivity contribution in [1.82, 2.24) is 0 Å². The third-order valence-corrected chi connectivity index (χ3v) is 4.82. The van der Waals surface area contributed by atoms with Crippen LogP contribution in [-0.4, -0.2) is 34.7 Å². The summed E-state index contributed by atoms with van der Waals surface area (Å²) >= 11 is 0. The van der Waals surface area contributed by atoms with E-state index in [0.717, 1.165) is 25.7 Å². The molecular weight excluding hydrogens is 300 g/mol. The van der Waals surface area contributed by atoms with Crippen molar-refractivity contribution in [2.75, 3.05) is 6.61 Å². The normalized spacial score (nSPS) is 25.6. The number of hydrogen-bond donors (Lipinski definition) is 2. The van der Waals surface area contributed by atoms with E-state index in [2.05, 4.69) is 6.92 Å². The third-order valence-electron chi connectivity index (χ3n) is 4.82. The zero-order valence-electron chi connectivity index (χ0n) is 14.0. The van der Waals surface area contributed by atoms with Gasteiger partial charge in [-0.25, -0.2) is 0 Å². The Morgan fingerprint density at radius 3 is 2.30 bits per heavy atom. The fourth-order valence-electron chi connectivity index (χ4n) is 3.16. The van der Waals surface area contributed by atoms with Gasteiger partial charge in [0.05, 0.1) is 24.4 Å². The maximum atomic E-state index is 12.3. The SMILES string of the molecule is CCCCC(CC)COC(=O)C1CCC(C(=O)O)CC1C(=O)O. The fourth-order valence-corrected chi connectivity index (χ4v) is 3.16. The Kier molecular flexibility index (Phi) is 8.06. The number of rotatable bonds is 9. The zero-order chi connectivity index (χ0) is 17.4. The maximum absolute atomic E-state index is 12.3. The van der Waals surface area contributed by atoms with Crippen LogP contribution in [0.25, 0.3) is 0 Å². The van der Waals surface area contributed by atoms with Crippen molar-refractivity contribution in [3.63, 3.8) is 0 Å². The molecule has 0 aromatic heterocycles. The van der Waals surface area contributed by atoms with Gasteiger partial charge in [-0.2, -0.15) is 0 Å². The summed E-state index contributed by atoms with van der Waals surface area (Å²) in [6, 6.07) is 0. The highest BCUT2D eigenvalue weighted by Gasteiger charge is 2.42. The molecule has 0 aliphatic heterocycles. The predicted octanol–water partition coefficient (Wildman–Crippen LogP) is 2.95. The van der Waals surface area contributed by atoms with Crippen molar-refractivity contribution in [2.24, 2.45) is 23.7 Å². The molecule has 0 aromatic carbocycles. The Hall–Kier alpha value is -1.59. The lowest BCUT2D eigenvalue weighted by Crippen LogP contribution is -2.38. The van der Waals surface area contributed by atoms with Gasteiger partial charge in [0.1, 0.15) is 0 Å². The Morgan fingerprint density at radius 1 is 1.09 bits per heavy atom. The summed E-state index contributed by atoms with van der Waals surface area (Å²) in [5, 5.41) is 18.3. The lowest BCUT2D eigenvalue weighted by Gasteiger charge is -2.30. The molecule has 6 nitrogen and oxygen atoms in total. The smallest absolute Gasteiger partial charge is 0.309 e. The quantitative estimate of drug-likeness (QED) is 0.631. The predicted molar refractivity (Wildman–Crippen MR) is 83.9 cm³/mol. The molecule has 1 aliphatic carbocycles. The molecular formula is C17H28O6. The summed E-state index contributed by atoms with van der Waals surface area (Å²) < 4.78 is 5.36. The summed E-state index contributed by atoms with van der Waals surface area (Å²) in [6.07, 6.45) is 4.67. The van der Waals surface area contributed by atoms with E-state index in [1.165, 1.54) is 0 Å². The van der Waals surface area contributed by atoms with E-state index in [0.29, 0.717) is 18.9 Å². The molecule has 1 fully saturated rings. The van der Waals surface area contributed by atoms with Gasteiger partial charge < -0.3 is 14.9 Å². The first-order valence-electron chi connectivity index (χ1n) is 8.52. The second kappa shape index (κ2) is 9.53. The molecule has 2 N–H and O–H groups in total. The minimum absolute atomic E-state index is 0.00251. The van der Waals surface area contributed by atoms with Crippen LogP contribution in [-0.2, 0) is 19.1 Å². The van der Waals surface area contributed by atoms with E-state index in [1.807, 2.05) is 6.92 Å². The van der Waals surface area contributed by atoms with Crippen molar-refractivity contribution >= 4 is 17.9 Å². The van der Waals surface area contributed by atoms with E-state index < -0.39 is 35.7 Å². The molecule has 132 valence electrons. The molecule has 0 bridgehead atoms. The molecule has 0 saturated heterocycles. The summed E-state index contributed by atoms with van der Waals surface area (Å²) in [6.45, 7) is 4.48. The largest absolute Gasteiger partial charge is 0.481 e. The van der Waals surface area contributed by atoms with Gasteiger partial charge in [-0.3, -0.25) is 14.4 Å². The fraction of sp³-hybridized carbons (Fsp3) is 0.824. The van der Waals surface area contributed by atoms with Gasteiger partial charge in [0, 0.05) is 0 Å². The molecule has 23 heavy (non-hydrogen) atoms. The molecule has 0 aromatic rings. The van der Waals surface area contributed by atoms with Crippen LogP contribution < -0.4 is 0 Å². The minimum atomic E-state index is -1.11. The first-order chi connectivity index (χ1) is 10.9. The molecule has 4 unspecified atom stereocenters. The van der Waals surface area contributed by atoms with E-state index in [9.17, 15) is 19.5 Å². The molecule has 1 saturated carbocycles. The van der Waals surface area contributed by atoms with Crippen LogP contribution in [0, 0.1) is 23.7 Å². The topological polar surface area (TPSA) is 101 Å². The lowest BCUT2D eigenvalue weighted by atomic mass is 9.74. The average Bonchev–Trinajstić information content (AvgIpc) is 2.54. The van der Waals surface area contributed by atoms with Crippen molar-refractivity contribution in [1.29, 1.82) is 0 Å². The van der Waals surface area contributed by atoms with E-state index in [4.69, 9.17) is 9.84 Å². The summed E-state index contributed by atoms with van der Waals surface area (Å²) in [4.78, 5) is 34.7. The molecule has 1 aliphatic rings. The number of unbranched alkanes of at least 4 members (excludes halogenated alkanes) is 1. The number of hydrogen-bond acceptors (Lipinski definition) is 4. The minimum Gasteiger partial charge on any atom is -0.481 e. The molecule has 0 amide bonds. The lowest BCUT2D eigenvalue weighted by molar-refractivity contribution is -0.163. The van der Waals surface area contributed by atoms with Crippen LogP contribution in [0.3, 0.4) is 0 Å². The number of carbonyl (C=O) groups is 3. The maximum Gasteiger partial charge on any atom is 0.309 e. The Balaban J connectivity index is 2.59. The van der Waals surface area contributed by atoms with Crippen LogP contribution in [0.4, 0.5) is 0 Å². The third kappa shape index (κ3) is 5.84. The highest BCUT2D eigenvalue weighted by Crippen LogP contribution is 2.35. The van der Waals surface area contributed by atoms with Crippen molar-refractivity contribution < 1.29 is 29.3 Å². The second-order valence-electron chi connectivity index (χ2n) is 6.45. The van der Waals surface area contributed by atoms with Gasteiger partial charge in [0.2, 0.25) is 0 Å². The van der Waals surface area contributed by atoms with Crippen molar-refractivity contribution in [3.8, 4) is 0 Å². The van der Waals surface area contributed by atoms with Crippen molar-refractivity contribution in [2.45, 2.75) is 58.8 Å². The van der Waals surface area contributed by atoms with Gasteiger partial charge >= 0.3 is 17.9 Å². The van der Waals surface area contributed by atoms with Crippen LogP contribution >= 0.6 is 0 Å². The van der Waals surface area contributed by atoms with Crippen LogP contribution in [0.2, 0.25) is 0 Å². The van der Waals surface area contributed by atoms with Crippen LogP contribution in [0.15, 0.2) is 0 Å². The molecule has 0 spiro atoms. The highest BCUT2D eigenvalue weighted by atomic mass is 16.5. The number of aliphatic carboxylic acids is 2. The number of ether oxygens (including phenoxy) is 1. The molecule has 4 atom stereocenters. The Morgan fingerprint density at radius 2 is 1.78 bits per heavy atom. The zero-order valence-corrected chi connectivity index (χ0v) is 14.0. The van der Waals surface area contributed by atoms with Gasteiger partial charge in [-0.1, -0.05) is 33.1 Å². The van der Waals surface area contributed by atoms with Crippen LogP contribution in [0.1, 0.15) is 58.8 Å². The number of carbonyl (C=O) groups excluding carboxylic acids is 1. The highest BCUT2D eigenvalue weighted by molar-refractivity contribution is 5.82. The average molecular weight is 328 g/mol. The van der Waals surface area contributed by atoms with Crippen LogP contribution in [0.5, 0.6) is 0 Å². The Labute approximate surface area is 137 Å². The molecule has 1 rings (SSSR count). The number of esters is 1. The summed E-state index contributed by atoms with van der Waals surface area (Å²) in [7, 11) is 0. The standard InChI is InChI=1S/C17H28O6/c1-3-5-6-11(4-2)10-23-17(22)13-8-7-12(15(18)19)9-14(13)16(20)21/h11-14H,3-10H2,1-2H3,(H,18,19)(H,20,21). The van der Waals surface area contributed by atoms with E-state index in [-0.39, 0.29) is 12.8 Å². The van der Waals surface area contributed by atoms with Gasteiger partial charge in [-0.15, -0.1) is 0 Å². The first kappa shape index (κ1) is 19.5.